The van der Waals surface area contributed by atoms with Gasteiger partial charge in [-0.25, -0.2) is 0 Å². The number of β-amino-alcohol motifs (C(OH)–C–C–N with tert-alkyl or cyclic N) is 1. The van der Waals surface area contributed by atoms with Crippen LogP contribution in [0, 0.1) is 0 Å². The normalized spacial score (nSPS) is 18.6. The molecule has 3 rings (SSSR count). The number of nitrogens with zero attached hydrogens (tertiary/aromatic N) is 1. The standard InChI is InChI=1S/C19H22ClNO2/c1-19(22,14-21-10-12-23-13-11-21)17-6-2-15(3-7-17)16-4-8-18(20)9-5-16/h2-9,22H,10-14H2,1H3. The molecule has 2 aromatic carbocycles. The molecule has 4 heteroatoms. The molecule has 0 bridgehead atoms. The predicted octanol–water partition coefficient (Wildman–Crippen LogP) is 3.55. The molecule has 1 atom stereocenters. The van der Waals surface area contributed by atoms with Crippen LogP contribution in [0.25, 0.3) is 11.1 Å². The molecule has 2 aromatic rings. The fraction of sp³-hybridized carbons (Fsp3) is 0.368. The van der Waals surface area contributed by atoms with Crippen molar-refractivity contribution in [2.24, 2.45) is 0 Å². The molecule has 1 saturated heterocycles. The van der Waals surface area contributed by atoms with Gasteiger partial charge in [-0.1, -0.05) is 48.0 Å². The summed E-state index contributed by atoms with van der Waals surface area (Å²) in [6.07, 6.45) is 0. The first-order chi connectivity index (χ1) is 11.0. The van der Waals surface area contributed by atoms with Crippen LogP contribution in [0.4, 0.5) is 0 Å². The van der Waals surface area contributed by atoms with Gasteiger partial charge in [0.15, 0.2) is 0 Å². The van der Waals surface area contributed by atoms with E-state index in [1.54, 1.807) is 0 Å². The second-order valence-electron chi connectivity index (χ2n) is 6.25. The lowest BCUT2D eigenvalue weighted by atomic mass is 9.93. The highest BCUT2D eigenvalue weighted by molar-refractivity contribution is 6.30. The van der Waals surface area contributed by atoms with Gasteiger partial charge in [0.25, 0.3) is 0 Å². The van der Waals surface area contributed by atoms with Crippen LogP contribution in [-0.4, -0.2) is 42.9 Å². The van der Waals surface area contributed by atoms with Crippen molar-refractivity contribution in [3.8, 4) is 11.1 Å². The Labute approximate surface area is 142 Å². The summed E-state index contributed by atoms with van der Waals surface area (Å²) in [6, 6.07) is 15.9. The highest BCUT2D eigenvalue weighted by Gasteiger charge is 2.27. The van der Waals surface area contributed by atoms with E-state index in [9.17, 15) is 5.11 Å². The Morgan fingerprint density at radius 3 is 2.09 bits per heavy atom. The van der Waals surface area contributed by atoms with E-state index in [0.29, 0.717) is 6.54 Å². The van der Waals surface area contributed by atoms with Crippen LogP contribution in [-0.2, 0) is 10.3 Å². The van der Waals surface area contributed by atoms with Crippen LogP contribution in [0.2, 0.25) is 5.02 Å². The first-order valence-corrected chi connectivity index (χ1v) is 8.31. The number of hydrogen-bond donors (Lipinski definition) is 1. The first-order valence-electron chi connectivity index (χ1n) is 7.93. The third kappa shape index (κ3) is 4.12. The summed E-state index contributed by atoms with van der Waals surface area (Å²) in [6.45, 7) is 5.73. The van der Waals surface area contributed by atoms with E-state index < -0.39 is 5.60 Å². The van der Waals surface area contributed by atoms with Crippen LogP contribution >= 0.6 is 11.6 Å². The van der Waals surface area contributed by atoms with E-state index in [4.69, 9.17) is 16.3 Å². The van der Waals surface area contributed by atoms with Gasteiger partial charge in [0, 0.05) is 24.7 Å². The highest BCUT2D eigenvalue weighted by Crippen LogP contribution is 2.27. The average Bonchev–Trinajstić information content (AvgIpc) is 2.56. The molecule has 3 nitrogen and oxygen atoms in total. The minimum Gasteiger partial charge on any atom is -0.384 e. The van der Waals surface area contributed by atoms with E-state index in [1.165, 1.54) is 0 Å². The molecule has 1 N–H and O–H groups in total. The number of benzene rings is 2. The third-order valence-electron chi connectivity index (χ3n) is 4.32. The largest absolute Gasteiger partial charge is 0.384 e. The van der Waals surface area contributed by atoms with Gasteiger partial charge in [0.05, 0.1) is 18.8 Å². The predicted molar refractivity (Wildman–Crippen MR) is 93.7 cm³/mol. The second-order valence-corrected chi connectivity index (χ2v) is 6.68. The molecule has 1 aliphatic rings. The van der Waals surface area contributed by atoms with Crippen molar-refractivity contribution >= 4 is 11.6 Å². The van der Waals surface area contributed by atoms with E-state index in [1.807, 2.05) is 55.5 Å². The molecule has 1 fully saturated rings. The fourth-order valence-electron chi connectivity index (χ4n) is 2.95. The van der Waals surface area contributed by atoms with Crippen LogP contribution in [0.5, 0.6) is 0 Å². The zero-order valence-corrected chi connectivity index (χ0v) is 14.1. The van der Waals surface area contributed by atoms with Crippen molar-refractivity contribution in [2.75, 3.05) is 32.8 Å². The first kappa shape index (κ1) is 16.5. The van der Waals surface area contributed by atoms with E-state index in [2.05, 4.69) is 4.90 Å². The summed E-state index contributed by atoms with van der Waals surface area (Å²) in [5, 5.41) is 11.6. The Hall–Kier alpha value is -1.39. The Balaban J connectivity index is 1.73. The van der Waals surface area contributed by atoms with Gasteiger partial charge >= 0.3 is 0 Å². The van der Waals surface area contributed by atoms with Crippen molar-refractivity contribution in [1.82, 2.24) is 4.90 Å². The maximum atomic E-state index is 10.8. The minimum atomic E-state index is -0.865. The van der Waals surface area contributed by atoms with Crippen molar-refractivity contribution in [3.05, 3.63) is 59.1 Å². The topological polar surface area (TPSA) is 32.7 Å². The lowest BCUT2D eigenvalue weighted by molar-refractivity contribution is -0.0253. The minimum absolute atomic E-state index is 0.622. The molecular formula is C19H22ClNO2. The van der Waals surface area contributed by atoms with Crippen LogP contribution in [0.3, 0.4) is 0 Å². The number of rotatable bonds is 4. The third-order valence-corrected chi connectivity index (χ3v) is 4.57. The van der Waals surface area contributed by atoms with E-state index in [0.717, 1.165) is 48.0 Å². The molecule has 23 heavy (non-hydrogen) atoms. The van der Waals surface area contributed by atoms with Gasteiger partial charge in [0.1, 0.15) is 0 Å². The lowest BCUT2D eigenvalue weighted by Gasteiger charge is -2.34. The van der Waals surface area contributed by atoms with Crippen LogP contribution < -0.4 is 0 Å². The Morgan fingerprint density at radius 2 is 1.52 bits per heavy atom. The zero-order chi connectivity index (χ0) is 16.3. The zero-order valence-electron chi connectivity index (χ0n) is 13.3. The number of ether oxygens (including phenoxy) is 1. The maximum absolute atomic E-state index is 10.8. The summed E-state index contributed by atoms with van der Waals surface area (Å²) in [5.74, 6) is 0. The smallest absolute Gasteiger partial charge is 0.0994 e. The van der Waals surface area contributed by atoms with Crippen molar-refractivity contribution in [1.29, 1.82) is 0 Å². The molecule has 0 amide bonds. The molecule has 1 heterocycles. The van der Waals surface area contributed by atoms with E-state index in [-0.39, 0.29) is 0 Å². The lowest BCUT2D eigenvalue weighted by Crippen LogP contribution is -2.44. The summed E-state index contributed by atoms with van der Waals surface area (Å²) < 4.78 is 5.36. The summed E-state index contributed by atoms with van der Waals surface area (Å²) in [7, 11) is 0. The number of morpholine rings is 1. The monoisotopic (exact) mass is 331 g/mol. The fourth-order valence-corrected chi connectivity index (χ4v) is 3.08. The molecule has 0 aromatic heterocycles. The molecule has 0 radical (unpaired) electrons. The summed E-state index contributed by atoms with van der Waals surface area (Å²) in [4.78, 5) is 2.25. The molecule has 0 saturated carbocycles. The average molecular weight is 332 g/mol. The van der Waals surface area contributed by atoms with Gasteiger partial charge in [-0.15, -0.1) is 0 Å². The molecular weight excluding hydrogens is 310 g/mol. The van der Waals surface area contributed by atoms with Gasteiger partial charge in [0.2, 0.25) is 0 Å². The number of hydrogen-bond acceptors (Lipinski definition) is 3. The van der Waals surface area contributed by atoms with Crippen LogP contribution in [0.1, 0.15) is 12.5 Å². The summed E-state index contributed by atoms with van der Waals surface area (Å²) >= 11 is 5.93. The van der Waals surface area contributed by atoms with Crippen molar-refractivity contribution in [2.45, 2.75) is 12.5 Å². The Bertz CT molecular complexity index is 631. The second kappa shape index (κ2) is 7.02. The SMILES string of the molecule is CC(O)(CN1CCOCC1)c1ccc(-c2ccc(Cl)cc2)cc1. The van der Waals surface area contributed by atoms with Gasteiger partial charge in [-0.05, 0) is 35.7 Å². The molecule has 0 aliphatic carbocycles. The molecule has 122 valence electrons. The van der Waals surface area contributed by atoms with E-state index >= 15 is 0 Å². The van der Waals surface area contributed by atoms with Crippen molar-refractivity contribution in [3.63, 3.8) is 0 Å². The van der Waals surface area contributed by atoms with Gasteiger partial charge in [-0.2, -0.15) is 0 Å². The molecule has 1 aliphatic heterocycles. The highest BCUT2D eigenvalue weighted by atomic mass is 35.5. The Kier molecular flexibility index (Phi) is 5.02. The van der Waals surface area contributed by atoms with Crippen LogP contribution in [0.15, 0.2) is 48.5 Å². The number of halogens is 1. The summed E-state index contributed by atoms with van der Waals surface area (Å²) in [5.41, 5.74) is 2.30. The molecule has 1 unspecified atom stereocenters. The maximum Gasteiger partial charge on any atom is 0.0994 e. The van der Waals surface area contributed by atoms with Crippen molar-refractivity contribution < 1.29 is 9.84 Å². The van der Waals surface area contributed by atoms with Gasteiger partial charge < -0.3 is 9.84 Å². The molecule has 0 spiro atoms. The Morgan fingerprint density at radius 1 is 1.00 bits per heavy atom. The number of aliphatic hydroxyl groups is 1. The van der Waals surface area contributed by atoms with Gasteiger partial charge in [-0.3, -0.25) is 4.90 Å². The quantitative estimate of drug-likeness (QED) is 0.930.